The normalized spacial score (nSPS) is 24.9. The number of nitrogens with zero attached hydrogens (tertiary/aromatic N) is 1. The second-order valence-corrected chi connectivity index (χ2v) is 5.81. The van der Waals surface area contributed by atoms with Crippen LogP contribution in [0.2, 0.25) is 0 Å². The summed E-state index contributed by atoms with van der Waals surface area (Å²) in [6.45, 7) is 3.79. The van der Waals surface area contributed by atoms with Crippen LogP contribution in [0, 0.1) is 5.41 Å². The molecule has 0 bridgehead atoms. The third-order valence-corrected chi connectivity index (χ3v) is 4.56. The number of imide groups is 1. The summed E-state index contributed by atoms with van der Waals surface area (Å²) in [5.74, 6) is -0.282. The molecule has 0 unspecified atom stereocenters. The van der Waals surface area contributed by atoms with Gasteiger partial charge in [0.1, 0.15) is 0 Å². The van der Waals surface area contributed by atoms with Crippen LogP contribution < -0.4 is 11.1 Å². The van der Waals surface area contributed by atoms with Crippen LogP contribution in [-0.2, 0) is 4.79 Å². The monoisotopic (exact) mass is 253 g/mol. The van der Waals surface area contributed by atoms with Gasteiger partial charge in [-0.2, -0.15) is 0 Å². The van der Waals surface area contributed by atoms with Gasteiger partial charge in [0.2, 0.25) is 5.91 Å². The van der Waals surface area contributed by atoms with E-state index >= 15 is 0 Å². The molecule has 0 radical (unpaired) electrons. The largest absolute Gasteiger partial charge is 0.351 e. The van der Waals surface area contributed by atoms with E-state index in [0.29, 0.717) is 5.41 Å². The molecule has 5 heteroatoms. The van der Waals surface area contributed by atoms with E-state index in [1.54, 1.807) is 0 Å². The van der Waals surface area contributed by atoms with Gasteiger partial charge in [0.25, 0.3) is 0 Å². The Kier molecular flexibility index (Phi) is 3.90. The maximum absolute atomic E-state index is 11.8. The average molecular weight is 253 g/mol. The smallest absolute Gasteiger partial charge is 0.318 e. The first-order valence-electron chi connectivity index (χ1n) is 6.87. The van der Waals surface area contributed by atoms with Crippen molar-refractivity contribution in [3.8, 4) is 0 Å². The minimum Gasteiger partial charge on any atom is -0.351 e. The van der Waals surface area contributed by atoms with Crippen LogP contribution in [-0.4, -0.2) is 36.0 Å². The molecule has 1 aliphatic heterocycles. The molecule has 1 atom stereocenters. The van der Waals surface area contributed by atoms with Crippen LogP contribution >= 0.6 is 0 Å². The fourth-order valence-electron chi connectivity index (χ4n) is 3.40. The number of urea groups is 1. The fourth-order valence-corrected chi connectivity index (χ4v) is 3.40. The van der Waals surface area contributed by atoms with Crippen molar-refractivity contribution in [1.29, 1.82) is 0 Å². The van der Waals surface area contributed by atoms with Crippen LogP contribution in [0.15, 0.2) is 0 Å². The minimum absolute atomic E-state index is 0.265. The van der Waals surface area contributed by atoms with Gasteiger partial charge in [-0.25, -0.2) is 4.79 Å². The summed E-state index contributed by atoms with van der Waals surface area (Å²) in [6.07, 6.45) is 7.73. The maximum atomic E-state index is 11.8. The lowest BCUT2D eigenvalue weighted by atomic mass is 9.73. The van der Waals surface area contributed by atoms with Gasteiger partial charge in [0.05, 0.1) is 6.04 Å². The summed E-state index contributed by atoms with van der Waals surface area (Å²) < 4.78 is 0. The van der Waals surface area contributed by atoms with Gasteiger partial charge >= 0.3 is 6.03 Å². The summed E-state index contributed by atoms with van der Waals surface area (Å²) in [6, 6.07) is -1.03. The SMILES string of the molecule is C[C@@H](C(=O)NC(N)=O)N1CCC2(CCCCC2)C1. The van der Waals surface area contributed by atoms with Gasteiger partial charge < -0.3 is 5.73 Å². The Labute approximate surface area is 108 Å². The van der Waals surface area contributed by atoms with E-state index in [0.717, 1.165) is 13.1 Å². The molecule has 2 fully saturated rings. The number of primary amides is 1. The lowest BCUT2D eigenvalue weighted by molar-refractivity contribution is -0.124. The van der Waals surface area contributed by atoms with Crippen molar-refractivity contribution in [3.05, 3.63) is 0 Å². The molecule has 2 rings (SSSR count). The summed E-state index contributed by atoms with van der Waals surface area (Å²) in [5.41, 5.74) is 5.41. The Morgan fingerprint density at radius 3 is 2.50 bits per heavy atom. The highest BCUT2D eigenvalue weighted by molar-refractivity contribution is 5.96. The second kappa shape index (κ2) is 5.26. The Bertz CT molecular complexity index is 337. The number of likely N-dealkylation sites (tertiary alicyclic amines) is 1. The molecule has 3 amide bonds. The third kappa shape index (κ3) is 2.83. The first-order chi connectivity index (χ1) is 8.52. The summed E-state index contributed by atoms with van der Waals surface area (Å²) in [5, 5.41) is 2.17. The molecule has 1 saturated heterocycles. The van der Waals surface area contributed by atoms with E-state index in [-0.39, 0.29) is 11.9 Å². The molecule has 0 aromatic carbocycles. The molecule has 1 heterocycles. The quantitative estimate of drug-likeness (QED) is 0.777. The van der Waals surface area contributed by atoms with E-state index < -0.39 is 6.03 Å². The topological polar surface area (TPSA) is 75.4 Å². The van der Waals surface area contributed by atoms with Gasteiger partial charge in [-0.05, 0) is 38.1 Å². The molecule has 1 saturated carbocycles. The molecule has 102 valence electrons. The van der Waals surface area contributed by atoms with Crippen molar-refractivity contribution >= 4 is 11.9 Å². The lowest BCUT2D eigenvalue weighted by Gasteiger charge is -2.34. The van der Waals surface area contributed by atoms with E-state index in [1.165, 1.54) is 38.5 Å². The van der Waals surface area contributed by atoms with Gasteiger partial charge in [0, 0.05) is 6.54 Å². The van der Waals surface area contributed by atoms with E-state index in [1.807, 2.05) is 6.92 Å². The molecule has 1 spiro atoms. The predicted molar refractivity (Wildman–Crippen MR) is 68.9 cm³/mol. The van der Waals surface area contributed by atoms with Crippen molar-refractivity contribution in [2.24, 2.45) is 11.1 Å². The molecule has 1 aliphatic carbocycles. The molecule has 2 aliphatic rings. The predicted octanol–water partition coefficient (Wildman–Crippen LogP) is 1.23. The standard InChI is InChI=1S/C13H23N3O2/c1-10(11(17)15-12(14)18)16-8-7-13(9-16)5-3-2-4-6-13/h10H,2-9H2,1H3,(H3,14,15,17,18)/t10-/m0/s1. The van der Waals surface area contributed by atoms with Crippen LogP contribution in [0.25, 0.3) is 0 Å². The number of hydrogen-bond donors (Lipinski definition) is 2. The zero-order valence-corrected chi connectivity index (χ0v) is 11.1. The van der Waals surface area contributed by atoms with Crippen molar-refractivity contribution in [2.45, 2.75) is 51.5 Å². The molecular weight excluding hydrogens is 230 g/mol. The van der Waals surface area contributed by atoms with Gasteiger partial charge in [-0.1, -0.05) is 19.3 Å². The highest BCUT2D eigenvalue weighted by Crippen LogP contribution is 2.44. The number of amides is 3. The van der Waals surface area contributed by atoms with Crippen LogP contribution in [0.4, 0.5) is 4.79 Å². The first kappa shape index (κ1) is 13.3. The average Bonchev–Trinajstić information content (AvgIpc) is 2.72. The molecule has 0 aromatic heterocycles. The number of nitrogens with two attached hydrogens (primary N) is 1. The minimum atomic E-state index is -0.765. The van der Waals surface area contributed by atoms with Crippen LogP contribution in [0.3, 0.4) is 0 Å². The lowest BCUT2D eigenvalue weighted by Crippen LogP contribution is -2.48. The van der Waals surface area contributed by atoms with Crippen molar-refractivity contribution in [1.82, 2.24) is 10.2 Å². The number of carbonyl (C=O) groups excluding carboxylic acids is 2. The highest BCUT2D eigenvalue weighted by Gasteiger charge is 2.41. The maximum Gasteiger partial charge on any atom is 0.318 e. The Morgan fingerprint density at radius 1 is 1.22 bits per heavy atom. The van der Waals surface area contributed by atoms with Gasteiger partial charge in [-0.3, -0.25) is 15.0 Å². The molecule has 18 heavy (non-hydrogen) atoms. The van der Waals surface area contributed by atoms with E-state index in [9.17, 15) is 9.59 Å². The summed E-state index contributed by atoms with van der Waals surface area (Å²) in [7, 11) is 0. The molecule has 0 aromatic rings. The van der Waals surface area contributed by atoms with Crippen molar-refractivity contribution in [3.63, 3.8) is 0 Å². The summed E-state index contributed by atoms with van der Waals surface area (Å²) >= 11 is 0. The Hall–Kier alpha value is -1.10. The van der Waals surface area contributed by atoms with Gasteiger partial charge in [-0.15, -0.1) is 0 Å². The summed E-state index contributed by atoms with van der Waals surface area (Å²) in [4.78, 5) is 24.6. The number of hydrogen-bond acceptors (Lipinski definition) is 3. The van der Waals surface area contributed by atoms with E-state index in [2.05, 4.69) is 10.2 Å². The number of carbonyl (C=O) groups is 2. The zero-order valence-electron chi connectivity index (χ0n) is 11.1. The fraction of sp³-hybridized carbons (Fsp3) is 0.846. The second-order valence-electron chi connectivity index (χ2n) is 5.81. The van der Waals surface area contributed by atoms with Crippen LogP contribution in [0.5, 0.6) is 0 Å². The molecular formula is C13H23N3O2. The van der Waals surface area contributed by atoms with E-state index in [4.69, 9.17) is 5.73 Å². The molecule has 3 N–H and O–H groups in total. The number of nitrogens with one attached hydrogen (secondary N) is 1. The Morgan fingerprint density at radius 2 is 1.89 bits per heavy atom. The molecule has 5 nitrogen and oxygen atoms in total. The van der Waals surface area contributed by atoms with Crippen molar-refractivity contribution in [2.75, 3.05) is 13.1 Å². The highest BCUT2D eigenvalue weighted by atomic mass is 16.2. The van der Waals surface area contributed by atoms with Gasteiger partial charge in [0.15, 0.2) is 0 Å². The van der Waals surface area contributed by atoms with Crippen molar-refractivity contribution < 1.29 is 9.59 Å². The number of rotatable bonds is 2. The first-order valence-corrected chi connectivity index (χ1v) is 6.87. The zero-order chi connectivity index (χ0) is 13.2. The Balaban J connectivity index is 1.91. The third-order valence-electron chi connectivity index (χ3n) is 4.56. The van der Waals surface area contributed by atoms with Crippen LogP contribution in [0.1, 0.15) is 45.4 Å².